The van der Waals surface area contributed by atoms with E-state index in [0.717, 1.165) is 12.8 Å². The number of aryl methyl sites for hydroxylation is 1. The number of aromatic nitrogens is 1. The minimum absolute atomic E-state index is 0.0837. The van der Waals surface area contributed by atoms with Gasteiger partial charge < -0.3 is 20.5 Å². The number of pyridine rings is 1. The molecule has 0 saturated heterocycles. The van der Waals surface area contributed by atoms with Crippen LogP contribution in [0.4, 0.5) is 0 Å². The average Bonchev–Trinajstić information content (AvgIpc) is 3.04. The van der Waals surface area contributed by atoms with Crippen molar-refractivity contribution >= 4 is 11.9 Å². The summed E-state index contributed by atoms with van der Waals surface area (Å²) >= 11 is 0. The molecule has 2 aromatic rings. The van der Waals surface area contributed by atoms with Gasteiger partial charge in [-0.15, -0.1) is 0 Å². The number of nitrogens with one attached hydrogen (secondary N) is 1. The molecule has 1 aliphatic rings. The van der Waals surface area contributed by atoms with Gasteiger partial charge in [0.2, 0.25) is 11.8 Å². The number of nitrogens with zero attached hydrogens (tertiary/aromatic N) is 1. The fourth-order valence-electron chi connectivity index (χ4n) is 3.25. The van der Waals surface area contributed by atoms with E-state index in [1.165, 1.54) is 17.3 Å². The second-order valence-corrected chi connectivity index (χ2v) is 7.05. The minimum Gasteiger partial charge on any atom is -0.463 e. The van der Waals surface area contributed by atoms with E-state index in [1.54, 1.807) is 12.1 Å². The van der Waals surface area contributed by atoms with E-state index in [1.807, 2.05) is 32.0 Å². The topological polar surface area (TPSA) is 104 Å². The molecule has 1 aromatic heterocycles. The highest BCUT2D eigenvalue weighted by molar-refractivity contribution is 5.92. The molecule has 1 unspecified atom stereocenters. The van der Waals surface area contributed by atoms with Gasteiger partial charge in [0, 0.05) is 24.8 Å². The monoisotopic (exact) mass is 383 g/mol. The predicted octanol–water partition coefficient (Wildman–Crippen LogP) is 2.89. The van der Waals surface area contributed by atoms with E-state index >= 15 is 0 Å². The van der Waals surface area contributed by atoms with Gasteiger partial charge in [-0.1, -0.05) is 6.07 Å². The number of amides is 1. The molecule has 1 atom stereocenters. The molecule has 28 heavy (non-hydrogen) atoms. The zero-order chi connectivity index (χ0) is 20.1. The highest BCUT2D eigenvalue weighted by Gasteiger charge is 2.22. The quantitative estimate of drug-likeness (QED) is 0.680. The van der Waals surface area contributed by atoms with Crippen molar-refractivity contribution in [2.24, 2.45) is 5.73 Å². The number of benzene rings is 1. The highest BCUT2D eigenvalue weighted by atomic mass is 16.5. The van der Waals surface area contributed by atoms with Gasteiger partial charge in [-0.2, -0.15) is 0 Å². The molecule has 148 valence electrons. The Morgan fingerprint density at radius 1 is 1.29 bits per heavy atom. The summed E-state index contributed by atoms with van der Waals surface area (Å²) in [6.07, 6.45) is 3.59. The predicted molar refractivity (Wildman–Crippen MR) is 104 cm³/mol. The lowest BCUT2D eigenvalue weighted by Crippen LogP contribution is -2.24. The summed E-state index contributed by atoms with van der Waals surface area (Å²) in [6.45, 7) is 4.28. The number of fused-ring (bicyclic) bond motifs is 1. The first-order chi connectivity index (χ1) is 13.4. The summed E-state index contributed by atoms with van der Waals surface area (Å²) in [5.74, 6) is 0.396. The molecule has 3 rings (SSSR count). The summed E-state index contributed by atoms with van der Waals surface area (Å²) < 4.78 is 10.9. The van der Waals surface area contributed by atoms with E-state index < -0.39 is 5.91 Å². The third-order valence-corrected chi connectivity index (χ3v) is 4.52. The van der Waals surface area contributed by atoms with Gasteiger partial charge >= 0.3 is 5.97 Å². The van der Waals surface area contributed by atoms with Crippen molar-refractivity contribution in [3.63, 3.8) is 0 Å². The molecule has 7 nitrogen and oxygen atoms in total. The lowest BCUT2D eigenvalue weighted by atomic mass is 10.1. The van der Waals surface area contributed by atoms with Gasteiger partial charge in [-0.05, 0) is 56.0 Å². The van der Waals surface area contributed by atoms with Crippen molar-refractivity contribution in [2.45, 2.75) is 45.3 Å². The zero-order valence-corrected chi connectivity index (χ0v) is 16.1. The second-order valence-electron chi connectivity index (χ2n) is 7.05. The molecule has 7 heteroatoms. The molecule has 1 heterocycles. The summed E-state index contributed by atoms with van der Waals surface area (Å²) in [4.78, 5) is 26.8. The first-order valence-corrected chi connectivity index (χ1v) is 9.42. The maximum atomic E-state index is 11.6. The van der Waals surface area contributed by atoms with Crippen LogP contribution in [0, 0.1) is 0 Å². The first kappa shape index (κ1) is 19.8. The molecule has 0 aliphatic heterocycles. The van der Waals surface area contributed by atoms with Crippen molar-refractivity contribution in [3.8, 4) is 11.6 Å². The normalized spacial score (nSPS) is 15.3. The number of rotatable bonds is 8. The molecule has 1 amide bonds. The van der Waals surface area contributed by atoms with Crippen molar-refractivity contribution in [3.05, 3.63) is 53.2 Å². The van der Waals surface area contributed by atoms with Crippen LogP contribution in [0.5, 0.6) is 11.6 Å². The van der Waals surface area contributed by atoms with Crippen molar-refractivity contribution in [1.29, 1.82) is 0 Å². The van der Waals surface area contributed by atoms with Crippen LogP contribution < -0.4 is 15.8 Å². The Labute approximate surface area is 164 Å². The average molecular weight is 383 g/mol. The molecular weight excluding hydrogens is 358 g/mol. The van der Waals surface area contributed by atoms with E-state index in [9.17, 15) is 9.59 Å². The van der Waals surface area contributed by atoms with Crippen LogP contribution in [0.2, 0.25) is 0 Å². The van der Waals surface area contributed by atoms with Crippen molar-refractivity contribution in [1.82, 2.24) is 10.3 Å². The summed E-state index contributed by atoms with van der Waals surface area (Å²) in [7, 11) is 0. The van der Waals surface area contributed by atoms with E-state index in [2.05, 4.69) is 10.3 Å². The maximum Gasteiger partial charge on any atom is 0.307 e. The SMILES string of the molecule is CC(C)OC(=O)CCNC1CCc2cc(Oc3ccc(C(N)=O)cn3)ccc21. The zero-order valence-electron chi connectivity index (χ0n) is 16.1. The number of hydrogen-bond acceptors (Lipinski definition) is 6. The molecular formula is C21H25N3O4. The van der Waals surface area contributed by atoms with Crippen LogP contribution in [-0.4, -0.2) is 29.5 Å². The van der Waals surface area contributed by atoms with Gasteiger partial charge in [0.1, 0.15) is 5.75 Å². The molecule has 0 saturated carbocycles. The lowest BCUT2D eigenvalue weighted by molar-refractivity contribution is -0.147. The Bertz CT molecular complexity index is 849. The standard InChI is InChI=1S/C21H25N3O4/c1-13(2)27-20(25)9-10-23-18-7-3-14-11-16(5-6-17(14)18)28-19-8-4-15(12-24-19)21(22)26/h4-6,8,11-13,18,23H,3,7,9-10H2,1-2H3,(H2,22,26). The van der Waals surface area contributed by atoms with Gasteiger partial charge in [0.15, 0.2) is 0 Å². The Morgan fingerprint density at radius 2 is 2.11 bits per heavy atom. The molecule has 0 fully saturated rings. The van der Waals surface area contributed by atoms with E-state index in [-0.39, 0.29) is 18.1 Å². The number of nitrogens with two attached hydrogens (primary N) is 1. The van der Waals surface area contributed by atoms with Crippen LogP contribution in [0.1, 0.15) is 54.2 Å². The van der Waals surface area contributed by atoms with E-state index in [0.29, 0.717) is 30.2 Å². The Balaban J connectivity index is 1.57. The molecule has 3 N–H and O–H groups in total. The third-order valence-electron chi connectivity index (χ3n) is 4.52. The number of carbonyl (C=O) groups is 2. The fraction of sp³-hybridized carbons (Fsp3) is 0.381. The fourth-order valence-corrected chi connectivity index (χ4v) is 3.25. The van der Waals surface area contributed by atoms with Gasteiger partial charge in [-0.25, -0.2) is 4.98 Å². The van der Waals surface area contributed by atoms with Crippen molar-refractivity contribution in [2.75, 3.05) is 6.54 Å². The first-order valence-electron chi connectivity index (χ1n) is 9.42. The third kappa shape index (κ3) is 5.07. The van der Waals surface area contributed by atoms with Gasteiger partial charge in [0.05, 0.1) is 18.1 Å². The van der Waals surface area contributed by atoms with Gasteiger partial charge in [0.25, 0.3) is 0 Å². The summed E-state index contributed by atoms with van der Waals surface area (Å²) in [5.41, 5.74) is 7.99. The molecule has 0 radical (unpaired) electrons. The Morgan fingerprint density at radius 3 is 2.79 bits per heavy atom. The lowest BCUT2D eigenvalue weighted by Gasteiger charge is -2.15. The van der Waals surface area contributed by atoms with Crippen LogP contribution in [0.25, 0.3) is 0 Å². The highest BCUT2D eigenvalue weighted by Crippen LogP contribution is 2.34. The number of carbonyl (C=O) groups excluding carboxylic acids is 2. The van der Waals surface area contributed by atoms with Gasteiger partial charge in [-0.3, -0.25) is 9.59 Å². The van der Waals surface area contributed by atoms with Crippen LogP contribution in [0.15, 0.2) is 36.5 Å². The van der Waals surface area contributed by atoms with Crippen molar-refractivity contribution < 1.29 is 19.1 Å². The second kappa shape index (κ2) is 8.84. The summed E-state index contributed by atoms with van der Waals surface area (Å²) in [6, 6.07) is 9.38. The maximum absolute atomic E-state index is 11.6. The Hall–Kier alpha value is -2.93. The van der Waals surface area contributed by atoms with Crippen LogP contribution in [-0.2, 0) is 16.0 Å². The number of primary amides is 1. The molecule has 1 aromatic carbocycles. The summed E-state index contributed by atoms with van der Waals surface area (Å²) in [5, 5.41) is 3.43. The largest absolute Gasteiger partial charge is 0.463 e. The minimum atomic E-state index is -0.521. The smallest absolute Gasteiger partial charge is 0.307 e. The number of esters is 1. The van der Waals surface area contributed by atoms with Crippen LogP contribution in [0.3, 0.4) is 0 Å². The molecule has 0 spiro atoms. The number of hydrogen-bond donors (Lipinski definition) is 2. The van der Waals surface area contributed by atoms with E-state index in [4.69, 9.17) is 15.2 Å². The molecule has 0 bridgehead atoms. The Kier molecular flexibility index (Phi) is 6.26. The number of ether oxygens (including phenoxy) is 2. The van der Waals surface area contributed by atoms with Crippen LogP contribution >= 0.6 is 0 Å². The molecule has 1 aliphatic carbocycles.